The molecule has 14 heavy (non-hydrogen) atoms. The molecule has 74 valence electrons. The third-order valence-corrected chi connectivity index (χ3v) is 1.66. The van der Waals surface area contributed by atoms with Gasteiger partial charge in [-0.25, -0.2) is 0 Å². The minimum atomic E-state index is -0.631. The molecule has 1 rings (SSSR count). The predicted molar refractivity (Wildman–Crippen MR) is 52.9 cm³/mol. The van der Waals surface area contributed by atoms with E-state index in [0.29, 0.717) is 0 Å². The Morgan fingerprint density at radius 1 is 1.36 bits per heavy atom. The van der Waals surface area contributed by atoms with E-state index in [1.54, 1.807) is 0 Å². The smallest absolute Gasteiger partial charge is 0.248 e. The Kier molecular flexibility index (Phi) is 3.67. The van der Waals surface area contributed by atoms with Gasteiger partial charge in [-0.2, -0.15) is 0 Å². The Bertz CT molecular complexity index is 327. The normalized spacial score (nSPS) is 15.3. The van der Waals surface area contributed by atoms with Crippen molar-refractivity contribution in [1.82, 2.24) is 5.32 Å². The zero-order chi connectivity index (χ0) is 10.4. The van der Waals surface area contributed by atoms with E-state index >= 15 is 0 Å². The molecule has 0 fully saturated rings. The molecule has 0 atom stereocenters. The van der Waals surface area contributed by atoms with Gasteiger partial charge in [0.15, 0.2) is 0 Å². The molecule has 1 aliphatic carbocycles. The maximum Gasteiger partial charge on any atom is 0.248 e. The lowest BCUT2D eigenvalue weighted by Crippen LogP contribution is -2.20. The first-order chi connectivity index (χ1) is 6.68. The zero-order valence-corrected chi connectivity index (χ0v) is 7.69. The van der Waals surface area contributed by atoms with Crippen LogP contribution >= 0.6 is 0 Å². The van der Waals surface area contributed by atoms with Crippen LogP contribution in [0.4, 0.5) is 0 Å². The SMILES string of the molecule is NC(=O)C=CC(=O)NC1=CCCC=C1. The lowest BCUT2D eigenvalue weighted by molar-refractivity contribution is -0.117. The van der Waals surface area contributed by atoms with Crippen molar-refractivity contribution in [2.75, 3.05) is 0 Å². The van der Waals surface area contributed by atoms with Crippen LogP contribution in [0.2, 0.25) is 0 Å². The molecule has 3 N–H and O–H groups in total. The van der Waals surface area contributed by atoms with Crippen LogP contribution in [0.25, 0.3) is 0 Å². The van der Waals surface area contributed by atoms with Gasteiger partial charge >= 0.3 is 0 Å². The highest BCUT2D eigenvalue weighted by molar-refractivity contribution is 5.96. The second-order valence-corrected chi connectivity index (χ2v) is 2.86. The summed E-state index contributed by atoms with van der Waals surface area (Å²) in [5.74, 6) is -0.977. The summed E-state index contributed by atoms with van der Waals surface area (Å²) in [6.45, 7) is 0. The number of rotatable bonds is 3. The standard InChI is InChI=1S/C10H12N2O2/c11-9(13)6-7-10(14)12-8-4-2-1-3-5-8/h2,4-7H,1,3H2,(H2,11,13)(H,12,14). The molecule has 0 aromatic carbocycles. The van der Waals surface area contributed by atoms with E-state index in [-0.39, 0.29) is 5.91 Å². The van der Waals surface area contributed by atoms with Crippen LogP contribution in [0.1, 0.15) is 12.8 Å². The van der Waals surface area contributed by atoms with E-state index in [1.165, 1.54) is 0 Å². The number of allylic oxidation sites excluding steroid dienone is 3. The van der Waals surface area contributed by atoms with Gasteiger partial charge in [0.25, 0.3) is 0 Å². The molecule has 0 radical (unpaired) electrons. The molecule has 4 heteroatoms. The molecular formula is C10H12N2O2. The summed E-state index contributed by atoms with van der Waals surface area (Å²) in [5.41, 5.74) is 5.60. The molecule has 0 aromatic heterocycles. The van der Waals surface area contributed by atoms with E-state index in [9.17, 15) is 9.59 Å². The van der Waals surface area contributed by atoms with Gasteiger partial charge in [-0.1, -0.05) is 12.2 Å². The van der Waals surface area contributed by atoms with Gasteiger partial charge < -0.3 is 11.1 Å². The average molecular weight is 192 g/mol. The van der Waals surface area contributed by atoms with Crippen molar-refractivity contribution >= 4 is 11.8 Å². The molecule has 0 unspecified atom stereocenters. The minimum absolute atomic E-state index is 0.346. The second kappa shape index (κ2) is 5.01. The average Bonchev–Trinajstić information content (AvgIpc) is 2.16. The summed E-state index contributed by atoms with van der Waals surface area (Å²) in [4.78, 5) is 21.5. The van der Waals surface area contributed by atoms with Crippen molar-refractivity contribution in [1.29, 1.82) is 0 Å². The fourth-order valence-electron chi connectivity index (χ4n) is 1.05. The summed E-state index contributed by atoms with van der Waals surface area (Å²) < 4.78 is 0. The first-order valence-electron chi connectivity index (χ1n) is 4.33. The van der Waals surface area contributed by atoms with Gasteiger partial charge in [0.2, 0.25) is 11.8 Å². The van der Waals surface area contributed by atoms with Gasteiger partial charge in [-0.3, -0.25) is 9.59 Å². The molecular weight excluding hydrogens is 180 g/mol. The minimum Gasteiger partial charge on any atom is -0.366 e. The molecule has 0 heterocycles. The van der Waals surface area contributed by atoms with Crippen LogP contribution < -0.4 is 11.1 Å². The molecule has 0 saturated heterocycles. The Morgan fingerprint density at radius 2 is 2.14 bits per heavy atom. The monoisotopic (exact) mass is 192 g/mol. The number of hydrogen-bond donors (Lipinski definition) is 2. The Hall–Kier alpha value is -1.84. The lowest BCUT2D eigenvalue weighted by Gasteiger charge is -2.06. The summed E-state index contributed by atoms with van der Waals surface area (Å²) >= 11 is 0. The van der Waals surface area contributed by atoms with Crippen molar-refractivity contribution in [3.63, 3.8) is 0 Å². The van der Waals surface area contributed by atoms with Crippen LogP contribution in [0, 0.1) is 0 Å². The van der Waals surface area contributed by atoms with Crippen molar-refractivity contribution in [2.24, 2.45) is 5.73 Å². The summed E-state index contributed by atoms with van der Waals surface area (Å²) in [6, 6.07) is 0. The van der Waals surface area contributed by atoms with Crippen LogP contribution in [-0.4, -0.2) is 11.8 Å². The maximum absolute atomic E-state index is 11.1. The molecule has 0 saturated carbocycles. The Labute approximate surface area is 82.2 Å². The fraction of sp³-hybridized carbons (Fsp3) is 0.200. The summed E-state index contributed by atoms with van der Waals surface area (Å²) in [5, 5.41) is 2.62. The van der Waals surface area contributed by atoms with E-state index in [2.05, 4.69) is 5.32 Å². The molecule has 4 nitrogen and oxygen atoms in total. The van der Waals surface area contributed by atoms with Crippen molar-refractivity contribution < 1.29 is 9.59 Å². The number of primary amides is 1. The third kappa shape index (κ3) is 3.71. The molecule has 1 aliphatic rings. The van der Waals surface area contributed by atoms with Gasteiger partial charge in [-0.05, 0) is 18.9 Å². The van der Waals surface area contributed by atoms with Gasteiger partial charge in [0.05, 0.1) is 0 Å². The topological polar surface area (TPSA) is 72.2 Å². The summed E-state index contributed by atoms with van der Waals surface area (Å²) in [7, 11) is 0. The van der Waals surface area contributed by atoms with Crippen molar-refractivity contribution in [3.05, 3.63) is 36.1 Å². The molecule has 0 bridgehead atoms. The number of carbonyl (C=O) groups excluding carboxylic acids is 2. The van der Waals surface area contributed by atoms with Crippen molar-refractivity contribution in [2.45, 2.75) is 12.8 Å². The molecule has 2 amide bonds. The highest BCUT2D eigenvalue weighted by atomic mass is 16.2. The third-order valence-electron chi connectivity index (χ3n) is 1.66. The quantitative estimate of drug-likeness (QED) is 0.634. The first kappa shape index (κ1) is 10.2. The van der Waals surface area contributed by atoms with E-state index in [4.69, 9.17) is 5.73 Å². The maximum atomic E-state index is 11.1. The molecule has 0 aromatic rings. The highest BCUT2D eigenvalue weighted by Crippen LogP contribution is 2.06. The number of nitrogens with one attached hydrogen (secondary N) is 1. The van der Waals surface area contributed by atoms with E-state index < -0.39 is 5.91 Å². The van der Waals surface area contributed by atoms with Crippen LogP contribution in [0.5, 0.6) is 0 Å². The van der Waals surface area contributed by atoms with Crippen LogP contribution in [-0.2, 0) is 9.59 Å². The van der Waals surface area contributed by atoms with Crippen LogP contribution in [0.15, 0.2) is 36.1 Å². The van der Waals surface area contributed by atoms with Gasteiger partial charge in [0.1, 0.15) is 0 Å². The predicted octanol–water partition coefficient (Wildman–Crippen LogP) is 0.378. The van der Waals surface area contributed by atoms with Crippen molar-refractivity contribution in [3.8, 4) is 0 Å². The van der Waals surface area contributed by atoms with Gasteiger partial charge in [0, 0.05) is 17.8 Å². The number of hydrogen-bond acceptors (Lipinski definition) is 2. The number of amides is 2. The Balaban J connectivity index is 2.44. The van der Waals surface area contributed by atoms with E-state index in [0.717, 1.165) is 30.7 Å². The number of carbonyl (C=O) groups is 2. The summed E-state index contributed by atoms with van der Waals surface area (Å²) in [6.07, 6.45) is 9.80. The largest absolute Gasteiger partial charge is 0.366 e. The van der Waals surface area contributed by atoms with Gasteiger partial charge in [-0.15, -0.1) is 0 Å². The molecule has 0 aliphatic heterocycles. The first-order valence-corrected chi connectivity index (χ1v) is 4.33. The highest BCUT2D eigenvalue weighted by Gasteiger charge is 2.00. The number of nitrogens with two attached hydrogens (primary N) is 1. The molecule has 0 spiro atoms. The fourth-order valence-corrected chi connectivity index (χ4v) is 1.05. The zero-order valence-electron chi connectivity index (χ0n) is 7.69. The van der Waals surface area contributed by atoms with Crippen LogP contribution in [0.3, 0.4) is 0 Å². The lowest BCUT2D eigenvalue weighted by atomic mass is 10.1. The second-order valence-electron chi connectivity index (χ2n) is 2.86. The van der Waals surface area contributed by atoms with E-state index in [1.807, 2.05) is 18.2 Å². The Morgan fingerprint density at radius 3 is 2.71 bits per heavy atom.